The van der Waals surface area contributed by atoms with Crippen molar-refractivity contribution in [1.82, 2.24) is 9.80 Å². The second-order valence-corrected chi connectivity index (χ2v) is 3.70. The van der Waals surface area contributed by atoms with Gasteiger partial charge in [-0.3, -0.25) is 14.6 Å². The van der Waals surface area contributed by atoms with E-state index in [1.54, 1.807) is 0 Å². The van der Waals surface area contributed by atoms with Crippen LogP contribution in [-0.2, 0) is 4.79 Å². The minimum atomic E-state index is -0.675. The molecule has 0 aliphatic carbocycles. The van der Waals surface area contributed by atoms with Gasteiger partial charge in [0.2, 0.25) is 0 Å². The molecule has 1 N–H and O–H groups in total. The Kier molecular flexibility index (Phi) is 1.81. The molecule has 4 atom stereocenters. The van der Waals surface area contributed by atoms with Gasteiger partial charge in [0.25, 0.3) is 0 Å². The minimum Gasteiger partial charge on any atom is -0.480 e. The summed E-state index contributed by atoms with van der Waals surface area (Å²) in [6.07, 6.45) is 0. The van der Waals surface area contributed by atoms with Gasteiger partial charge < -0.3 is 5.11 Å². The molecule has 0 aromatic carbocycles. The van der Waals surface area contributed by atoms with Crippen LogP contribution in [0.5, 0.6) is 0 Å². The van der Waals surface area contributed by atoms with E-state index in [4.69, 9.17) is 5.11 Å². The molecule has 0 radical (unpaired) electrons. The standard InChI is InChI=1S/C8H14N2O2/c1-6-4-9-2-3-10(6)7(5-9)8(11)12/h6-7H,2-5H2,1H3,(H,11,12). The minimum absolute atomic E-state index is 0.262. The number of piperazine rings is 3. The third kappa shape index (κ3) is 1.11. The summed E-state index contributed by atoms with van der Waals surface area (Å²) in [5.41, 5.74) is 0. The van der Waals surface area contributed by atoms with E-state index in [0.29, 0.717) is 12.6 Å². The van der Waals surface area contributed by atoms with Crippen molar-refractivity contribution in [2.75, 3.05) is 26.2 Å². The van der Waals surface area contributed by atoms with Crippen molar-refractivity contribution >= 4 is 5.97 Å². The summed E-state index contributed by atoms with van der Waals surface area (Å²) in [7, 11) is 0. The first kappa shape index (κ1) is 8.01. The van der Waals surface area contributed by atoms with Crippen LogP contribution < -0.4 is 0 Å². The highest BCUT2D eigenvalue weighted by Crippen LogP contribution is 2.20. The third-order valence-corrected chi connectivity index (χ3v) is 2.88. The number of aliphatic carboxylic acids is 1. The van der Waals surface area contributed by atoms with Crippen LogP contribution >= 0.6 is 0 Å². The molecule has 68 valence electrons. The monoisotopic (exact) mass is 170 g/mol. The van der Waals surface area contributed by atoms with Gasteiger partial charge in [0.1, 0.15) is 6.04 Å². The fourth-order valence-corrected chi connectivity index (χ4v) is 2.25. The Hall–Kier alpha value is -0.610. The van der Waals surface area contributed by atoms with Crippen molar-refractivity contribution in [2.45, 2.75) is 19.0 Å². The average Bonchev–Trinajstić information content (AvgIpc) is 2.04. The summed E-state index contributed by atoms with van der Waals surface area (Å²) in [5, 5.41) is 8.91. The molecule has 2 bridgehead atoms. The molecule has 0 saturated carbocycles. The van der Waals surface area contributed by atoms with Crippen LogP contribution in [0.4, 0.5) is 0 Å². The van der Waals surface area contributed by atoms with Gasteiger partial charge in [-0.2, -0.15) is 0 Å². The number of rotatable bonds is 1. The summed E-state index contributed by atoms with van der Waals surface area (Å²) in [6, 6.07) is 0.149. The molecule has 3 rings (SSSR count). The largest absolute Gasteiger partial charge is 0.480 e. The van der Waals surface area contributed by atoms with E-state index >= 15 is 0 Å². The maximum absolute atomic E-state index is 10.8. The Labute approximate surface area is 71.8 Å². The van der Waals surface area contributed by atoms with Crippen molar-refractivity contribution in [3.05, 3.63) is 0 Å². The highest BCUT2D eigenvalue weighted by molar-refractivity contribution is 5.74. The molecule has 3 fully saturated rings. The number of carboxylic acid groups (broad SMARTS) is 1. The van der Waals surface area contributed by atoms with Crippen LogP contribution in [0.2, 0.25) is 0 Å². The molecular formula is C8H14N2O2. The molecule has 3 aliphatic heterocycles. The fourth-order valence-electron chi connectivity index (χ4n) is 2.25. The Bertz CT molecular complexity index is 207. The van der Waals surface area contributed by atoms with Gasteiger partial charge in [0.15, 0.2) is 0 Å². The van der Waals surface area contributed by atoms with Crippen LogP contribution in [0, 0.1) is 0 Å². The second-order valence-electron chi connectivity index (χ2n) is 3.70. The van der Waals surface area contributed by atoms with Crippen molar-refractivity contribution in [1.29, 1.82) is 0 Å². The summed E-state index contributed by atoms with van der Waals surface area (Å²) < 4.78 is 0. The molecule has 0 aromatic rings. The SMILES string of the molecule is CC1CN2CCN1C(C(=O)O)C2. The summed E-state index contributed by atoms with van der Waals surface area (Å²) in [5.74, 6) is -0.675. The zero-order chi connectivity index (χ0) is 8.72. The van der Waals surface area contributed by atoms with Crippen molar-refractivity contribution in [3.8, 4) is 0 Å². The molecule has 3 saturated heterocycles. The predicted octanol–water partition coefficient (Wildman–Crippen LogP) is -0.541. The van der Waals surface area contributed by atoms with E-state index in [-0.39, 0.29) is 6.04 Å². The van der Waals surface area contributed by atoms with Gasteiger partial charge in [-0.15, -0.1) is 0 Å². The van der Waals surface area contributed by atoms with Crippen LogP contribution in [-0.4, -0.2) is 59.1 Å². The van der Waals surface area contributed by atoms with E-state index in [1.165, 1.54) is 0 Å². The maximum Gasteiger partial charge on any atom is 0.322 e. The Balaban J connectivity index is 2.14. The van der Waals surface area contributed by atoms with Gasteiger partial charge >= 0.3 is 5.97 Å². The van der Waals surface area contributed by atoms with E-state index in [2.05, 4.69) is 16.7 Å². The number of carbonyl (C=O) groups is 1. The first-order chi connectivity index (χ1) is 5.68. The summed E-state index contributed by atoms with van der Waals surface area (Å²) >= 11 is 0. The molecule has 12 heavy (non-hydrogen) atoms. The van der Waals surface area contributed by atoms with E-state index in [1.807, 2.05) is 0 Å². The van der Waals surface area contributed by atoms with Gasteiger partial charge in [-0.25, -0.2) is 0 Å². The molecule has 0 spiro atoms. The zero-order valence-electron chi connectivity index (χ0n) is 7.23. The molecule has 0 amide bonds. The normalized spacial score (nSPS) is 46.1. The van der Waals surface area contributed by atoms with E-state index in [0.717, 1.165) is 19.6 Å². The first-order valence-electron chi connectivity index (χ1n) is 4.39. The smallest absolute Gasteiger partial charge is 0.322 e. The third-order valence-electron chi connectivity index (χ3n) is 2.88. The number of hydrogen-bond donors (Lipinski definition) is 1. The van der Waals surface area contributed by atoms with Gasteiger partial charge in [-0.1, -0.05) is 0 Å². The van der Waals surface area contributed by atoms with Crippen molar-refractivity contribution < 1.29 is 9.90 Å². The molecular weight excluding hydrogens is 156 g/mol. The van der Waals surface area contributed by atoms with Crippen LogP contribution in [0.1, 0.15) is 6.92 Å². The highest BCUT2D eigenvalue weighted by Gasteiger charge is 2.40. The lowest BCUT2D eigenvalue weighted by Gasteiger charge is -2.49. The lowest BCUT2D eigenvalue weighted by molar-refractivity contribution is -0.151. The van der Waals surface area contributed by atoms with Gasteiger partial charge in [-0.05, 0) is 6.92 Å². The summed E-state index contributed by atoms with van der Waals surface area (Å²) in [6.45, 7) is 5.79. The molecule has 3 aliphatic rings. The first-order valence-corrected chi connectivity index (χ1v) is 4.39. The fraction of sp³-hybridized carbons (Fsp3) is 0.875. The second kappa shape index (κ2) is 2.71. The topological polar surface area (TPSA) is 43.8 Å². The van der Waals surface area contributed by atoms with E-state index in [9.17, 15) is 4.79 Å². The quantitative estimate of drug-likeness (QED) is 0.574. The van der Waals surface area contributed by atoms with Crippen molar-refractivity contribution in [2.24, 2.45) is 0 Å². The summed E-state index contributed by atoms with van der Waals surface area (Å²) in [4.78, 5) is 15.2. The highest BCUT2D eigenvalue weighted by atomic mass is 16.4. The maximum atomic E-state index is 10.8. The Morgan fingerprint density at radius 1 is 1.42 bits per heavy atom. The van der Waals surface area contributed by atoms with E-state index < -0.39 is 5.97 Å². The molecule has 0 aromatic heterocycles. The number of carboxylic acids is 1. The molecule has 3 heterocycles. The van der Waals surface area contributed by atoms with Crippen LogP contribution in [0.15, 0.2) is 0 Å². The molecule has 4 heteroatoms. The van der Waals surface area contributed by atoms with Crippen LogP contribution in [0.25, 0.3) is 0 Å². The lowest BCUT2D eigenvalue weighted by atomic mass is 10.0. The molecule has 4 unspecified atom stereocenters. The van der Waals surface area contributed by atoms with Gasteiger partial charge in [0, 0.05) is 32.2 Å². The predicted molar refractivity (Wildman–Crippen MR) is 44.0 cm³/mol. The zero-order valence-corrected chi connectivity index (χ0v) is 7.23. The average molecular weight is 170 g/mol. The lowest BCUT2D eigenvalue weighted by Crippen LogP contribution is -2.66. The number of hydrogen-bond acceptors (Lipinski definition) is 3. The Morgan fingerprint density at radius 3 is 2.58 bits per heavy atom. The van der Waals surface area contributed by atoms with Crippen LogP contribution in [0.3, 0.4) is 0 Å². The number of fused-ring (bicyclic) bond motifs is 3. The van der Waals surface area contributed by atoms with Crippen molar-refractivity contribution in [3.63, 3.8) is 0 Å². The number of nitrogens with zero attached hydrogens (tertiary/aromatic N) is 2. The Morgan fingerprint density at radius 2 is 2.17 bits per heavy atom. The molecule has 4 nitrogen and oxygen atoms in total. The van der Waals surface area contributed by atoms with Gasteiger partial charge in [0.05, 0.1) is 0 Å².